The highest BCUT2D eigenvalue weighted by molar-refractivity contribution is 5.77. The summed E-state index contributed by atoms with van der Waals surface area (Å²) in [5.74, 6) is -0.519. The molecule has 63 heavy (non-hydrogen) atoms. The Bertz CT molecular complexity index is 1170. The molecule has 0 bridgehead atoms. The number of esters is 1. The third kappa shape index (κ3) is 45.7. The lowest BCUT2D eigenvalue weighted by Crippen LogP contribution is -2.46. The first-order chi connectivity index (χ1) is 31.0. The largest absolute Gasteiger partial charge is 0.462 e. The van der Waals surface area contributed by atoms with E-state index in [4.69, 9.17) is 4.74 Å². The van der Waals surface area contributed by atoms with Gasteiger partial charge < -0.3 is 20.3 Å². The second-order valence-corrected chi connectivity index (χ2v) is 18.0. The molecule has 1 amide bonds. The number of carbonyl (C=O) groups is 2. The standard InChI is InChI=1S/C57H101NO5/c1-4-7-10-13-16-19-22-25-27-28-29-30-32-35-38-41-44-47-50-57(62)63-53(48-45-42-39-36-33-31-26-23-20-17-14-11-8-5-2)51-56(61)58-54(52-59)55(60)49-46-43-40-37-34-24-21-18-15-12-9-6-3/h8,11,17,20,22,25-31,53-55,59-60H,4-7,9-10,12-16,18-19,21,23-24,32-52H2,1-3H3,(H,58,61)/b11-8+,20-17+,25-22+,28-27+,30-29+,31-26+. The van der Waals surface area contributed by atoms with Gasteiger partial charge in [0.25, 0.3) is 0 Å². The van der Waals surface area contributed by atoms with Crippen LogP contribution in [0.1, 0.15) is 252 Å². The van der Waals surface area contributed by atoms with Crippen LogP contribution in [0.5, 0.6) is 0 Å². The molecule has 0 heterocycles. The fourth-order valence-electron chi connectivity index (χ4n) is 7.80. The molecule has 364 valence electrons. The number of ether oxygens (including phenoxy) is 1. The van der Waals surface area contributed by atoms with Gasteiger partial charge in [0.15, 0.2) is 0 Å². The lowest BCUT2D eigenvalue weighted by atomic mass is 10.0. The Morgan fingerprint density at radius 1 is 0.492 bits per heavy atom. The number of aliphatic hydroxyl groups excluding tert-OH is 2. The minimum absolute atomic E-state index is 0.0518. The molecule has 0 aliphatic rings. The molecule has 3 atom stereocenters. The normalized spacial score (nSPS) is 13.8. The third-order valence-corrected chi connectivity index (χ3v) is 11.8. The number of hydrogen-bond donors (Lipinski definition) is 3. The molecule has 0 aliphatic heterocycles. The monoisotopic (exact) mass is 880 g/mol. The van der Waals surface area contributed by atoms with E-state index in [1.807, 2.05) is 0 Å². The van der Waals surface area contributed by atoms with E-state index in [-0.39, 0.29) is 24.9 Å². The average molecular weight is 880 g/mol. The molecule has 3 N–H and O–H groups in total. The molecule has 0 rings (SSSR count). The highest BCUT2D eigenvalue weighted by atomic mass is 16.5. The quantitative estimate of drug-likeness (QED) is 0.0245. The maximum atomic E-state index is 13.2. The van der Waals surface area contributed by atoms with Crippen LogP contribution < -0.4 is 5.32 Å². The highest BCUT2D eigenvalue weighted by Gasteiger charge is 2.24. The molecule has 3 unspecified atom stereocenters. The Kier molecular flexibility index (Phi) is 48.1. The molecule has 0 saturated heterocycles. The summed E-state index contributed by atoms with van der Waals surface area (Å²) in [6.45, 7) is 6.34. The molecule has 0 aromatic heterocycles. The van der Waals surface area contributed by atoms with E-state index in [0.29, 0.717) is 19.3 Å². The van der Waals surface area contributed by atoms with Gasteiger partial charge in [0.05, 0.1) is 25.2 Å². The SMILES string of the molecule is CC/C=C/C/C=C/C/C=C/CCCCCCC(CC(=O)NC(CO)C(O)CCCCCCCCCCCCCC)OC(=O)CCCCCCC/C=C/C=C/C=C/CCCCCCC. The van der Waals surface area contributed by atoms with Crippen molar-refractivity contribution >= 4 is 11.9 Å². The van der Waals surface area contributed by atoms with Crippen LogP contribution in [0.2, 0.25) is 0 Å². The summed E-state index contributed by atoms with van der Waals surface area (Å²) in [5, 5.41) is 23.8. The minimum atomic E-state index is -0.800. The van der Waals surface area contributed by atoms with Crippen LogP contribution in [0, 0.1) is 0 Å². The van der Waals surface area contributed by atoms with Crippen molar-refractivity contribution < 1.29 is 24.5 Å². The van der Waals surface area contributed by atoms with Gasteiger partial charge in [-0.15, -0.1) is 0 Å². The number of aliphatic hydroxyl groups is 2. The Labute approximate surface area is 390 Å². The van der Waals surface area contributed by atoms with Crippen molar-refractivity contribution in [1.29, 1.82) is 0 Å². The van der Waals surface area contributed by atoms with Crippen molar-refractivity contribution in [2.75, 3.05) is 6.61 Å². The second-order valence-electron chi connectivity index (χ2n) is 18.0. The molecule has 0 spiro atoms. The average Bonchev–Trinajstić information content (AvgIpc) is 3.28. The number of allylic oxidation sites excluding steroid dienone is 12. The molecule has 0 saturated carbocycles. The first-order valence-electron chi connectivity index (χ1n) is 26.7. The Balaban J connectivity index is 4.65. The Morgan fingerprint density at radius 3 is 1.43 bits per heavy atom. The summed E-state index contributed by atoms with van der Waals surface area (Å²) in [7, 11) is 0. The molecular weight excluding hydrogens is 779 g/mol. The lowest BCUT2D eigenvalue weighted by molar-refractivity contribution is -0.151. The van der Waals surface area contributed by atoms with Crippen LogP contribution in [0.3, 0.4) is 0 Å². The number of amides is 1. The zero-order chi connectivity index (χ0) is 45.9. The second kappa shape index (κ2) is 50.3. The van der Waals surface area contributed by atoms with Gasteiger partial charge in [-0.2, -0.15) is 0 Å². The van der Waals surface area contributed by atoms with Crippen LogP contribution in [-0.2, 0) is 14.3 Å². The molecule has 0 aliphatic carbocycles. The number of unbranched alkanes of at least 4 members (excludes halogenated alkanes) is 25. The van der Waals surface area contributed by atoms with Crippen molar-refractivity contribution in [2.45, 2.75) is 270 Å². The van der Waals surface area contributed by atoms with Crippen molar-refractivity contribution in [3.63, 3.8) is 0 Å². The Morgan fingerprint density at radius 2 is 0.921 bits per heavy atom. The number of rotatable bonds is 47. The van der Waals surface area contributed by atoms with Crippen molar-refractivity contribution in [1.82, 2.24) is 5.32 Å². The van der Waals surface area contributed by atoms with Crippen LogP contribution in [0.4, 0.5) is 0 Å². The topological polar surface area (TPSA) is 95.9 Å². The highest BCUT2D eigenvalue weighted by Crippen LogP contribution is 2.17. The predicted molar refractivity (Wildman–Crippen MR) is 273 cm³/mol. The summed E-state index contributed by atoms with van der Waals surface area (Å²) < 4.78 is 5.93. The summed E-state index contributed by atoms with van der Waals surface area (Å²) in [5.41, 5.74) is 0. The van der Waals surface area contributed by atoms with Gasteiger partial charge in [-0.25, -0.2) is 0 Å². The summed E-state index contributed by atoms with van der Waals surface area (Å²) in [6, 6.07) is -0.716. The zero-order valence-corrected chi connectivity index (χ0v) is 41.4. The van der Waals surface area contributed by atoms with Crippen LogP contribution in [-0.4, -0.2) is 46.9 Å². The van der Waals surface area contributed by atoms with E-state index < -0.39 is 18.2 Å². The molecule has 6 heteroatoms. The van der Waals surface area contributed by atoms with Gasteiger partial charge in [-0.05, 0) is 83.5 Å². The molecule has 6 nitrogen and oxygen atoms in total. The molecular formula is C57H101NO5. The van der Waals surface area contributed by atoms with E-state index in [1.54, 1.807) is 0 Å². The van der Waals surface area contributed by atoms with Crippen LogP contribution in [0.25, 0.3) is 0 Å². The predicted octanol–water partition coefficient (Wildman–Crippen LogP) is 16.2. The van der Waals surface area contributed by atoms with E-state index >= 15 is 0 Å². The van der Waals surface area contributed by atoms with Crippen molar-refractivity contribution in [3.05, 3.63) is 72.9 Å². The minimum Gasteiger partial charge on any atom is -0.462 e. The lowest BCUT2D eigenvalue weighted by Gasteiger charge is -2.24. The van der Waals surface area contributed by atoms with E-state index in [9.17, 15) is 19.8 Å². The van der Waals surface area contributed by atoms with Gasteiger partial charge >= 0.3 is 5.97 Å². The van der Waals surface area contributed by atoms with Crippen LogP contribution in [0.15, 0.2) is 72.9 Å². The van der Waals surface area contributed by atoms with E-state index in [0.717, 1.165) is 109 Å². The first kappa shape index (κ1) is 60.3. The van der Waals surface area contributed by atoms with Gasteiger partial charge in [0.1, 0.15) is 6.10 Å². The fraction of sp³-hybridized carbons (Fsp3) is 0.754. The van der Waals surface area contributed by atoms with Gasteiger partial charge in [0, 0.05) is 6.42 Å². The maximum absolute atomic E-state index is 13.2. The first-order valence-corrected chi connectivity index (χ1v) is 26.7. The molecule has 0 aromatic rings. The fourth-order valence-corrected chi connectivity index (χ4v) is 7.80. The summed E-state index contributed by atoms with van der Waals surface area (Å²) >= 11 is 0. The molecule has 0 aromatic carbocycles. The van der Waals surface area contributed by atoms with E-state index in [1.165, 1.54) is 96.3 Å². The van der Waals surface area contributed by atoms with Gasteiger partial charge in [0.2, 0.25) is 5.91 Å². The van der Waals surface area contributed by atoms with Gasteiger partial charge in [-0.3, -0.25) is 9.59 Å². The van der Waals surface area contributed by atoms with E-state index in [2.05, 4.69) is 99.0 Å². The van der Waals surface area contributed by atoms with Crippen LogP contribution >= 0.6 is 0 Å². The number of hydrogen-bond acceptors (Lipinski definition) is 5. The summed E-state index contributed by atoms with van der Waals surface area (Å²) in [6.07, 6.45) is 63.8. The maximum Gasteiger partial charge on any atom is 0.306 e. The smallest absolute Gasteiger partial charge is 0.306 e. The third-order valence-electron chi connectivity index (χ3n) is 11.8. The summed E-state index contributed by atoms with van der Waals surface area (Å²) in [4.78, 5) is 26.2. The molecule has 0 fully saturated rings. The molecule has 0 radical (unpaired) electrons. The van der Waals surface area contributed by atoms with Gasteiger partial charge in [-0.1, -0.05) is 229 Å². The van der Waals surface area contributed by atoms with Crippen molar-refractivity contribution in [3.8, 4) is 0 Å². The number of nitrogens with one attached hydrogen (secondary N) is 1. The van der Waals surface area contributed by atoms with Crippen molar-refractivity contribution in [2.24, 2.45) is 0 Å². The number of carbonyl (C=O) groups excluding carboxylic acids is 2. The Hall–Kier alpha value is -2.70. The zero-order valence-electron chi connectivity index (χ0n) is 41.4.